The average Bonchev–Trinajstić information content (AvgIpc) is 3.21. The molecule has 0 fully saturated rings. The predicted molar refractivity (Wildman–Crippen MR) is 111 cm³/mol. The molecular weight excluding hydrogens is 408 g/mol. The molecule has 164 valence electrons. The molecule has 1 amide bonds. The number of ether oxygens (including phenoxy) is 3. The molecule has 1 N–H and O–H groups in total. The number of hydrogen-bond donors (Lipinski definition) is 1. The predicted octanol–water partition coefficient (Wildman–Crippen LogP) is 4.73. The van der Waals surface area contributed by atoms with E-state index in [0.717, 1.165) is 6.42 Å². The molecule has 0 aliphatic rings. The van der Waals surface area contributed by atoms with Gasteiger partial charge in [0.25, 0.3) is 5.91 Å². The summed E-state index contributed by atoms with van der Waals surface area (Å²) in [4.78, 5) is 12.5. The second-order valence-corrected chi connectivity index (χ2v) is 6.47. The number of carbonyl (C=O) groups is 1. The van der Waals surface area contributed by atoms with E-state index in [1.807, 2.05) is 24.3 Å². The van der Waals surface area contributed by atoms with E-state index in [9.17, 15) is 13.6 Å². The number of alkyl halides is 2. The maximum Gasteiger partial charge on any atom is 0.387 e. The summed E-state index contributed by atoms with van der Waals surface area (Å²) in [7, 11) is 0. The molecule has 9 heteroatoms. The van der Waals surface area contributed by atoms with E-state index < -0.39 is 12.5 Å². The molecule has 31 heavy (non-hydrogen) atoms. The van der Waals surface area contributed by atoms with Crippen LogP contribution in [0, 0.1) is 0 Å². The Hall–Kier alpha value is -3.62. The quantitative estimate of drug-likeness (QED) is 0.502. The van der Waals surface area contributed by atoms with E-state index in [4.69, 9.17) is 9.47 Å². The Bertz CT molecular complexity index is 1010. The molecule has 1 heterocycles. The molecule has 0 bridgehead atoms. The lowest BCUT2D eigenvalue weighted by atomic mass is 10.2. The molecule has 7 nitrogen and oxygen atoms in total. The van der Waals surface area contributed by atoms with Gasteiger partial charge in [-0.3, -0.25) is 4.79 Å². The molecular formula is C22H23F2N3O4. The van der Waals surface area contributed by atoms with Crippen molar-refractivity contribution in [3.05, 3.63) is 66.0 Å². The summed E-state index contributed by atoms with van der Waals surface area (Å²) in [5.41, 5.74) is 1.91. The molecule has 0 aliphatic heterocycles. The lowest BCUT2D eigenvalue weighted by molar-refractivity contribution is -0.0514. The van der Waals surface area contributed by atoms with Crippen LogP contribution in [0.25, 0.3) is 0 Å². The first-order chi connectivity index (χ1) is 15.0. The molecule has 0 saturated carbocycles. The Labute approximate surface area is 178 Å². The lowest BCUT2D eigenvalue weighted by Crippen LogP contribution is -2.12. The molecule has 0 unspecified atom stereocenters. The monoisotopic (exact) mass is 431 g/mol. The summed E-state index contributed by atoms with van der Waals surface area (Å²) >= 11 is 0. The zero-order valence-electron chi connectivity index (χ0n) is 17.2. The number of nitrogens with one attached hydrogen (secondary N) is 1. The Morgan fingerprint density at radius 2 is 1.87 bits per heavy atom. The van der Waals surface area contributed by atoms with Crippen molar-refractivity contribution in [2.75, 3.05) is 11.9 Å². The van der Waals surface area contributed by atoms with Crippen molar-refractivity contribution < 1.29 is 27.8 Å². The maximum atomic E-state index is 12.5. The van der Waals surface area contributed by atoms with E-state index in [2.05, 4.69) is 22.1 Å². The van der Waals surface area contributed by atoms with Gasteiger partial charge < -0.3 is 19.5 Å². The Kier molecular flexibility index (Phi) is 7.42. The number of amides is 1. The topological polar surface area (TPSA) is 74.6 Å². The molecule has 0 aliphatic carbocycles. The summed E-state index contributed by atoms with van der Waals surface area (Å²) in [5.74, 6) is 0.201. The summed E-state index contributed by atoms with van der Waals surface area (Å²) < 4.78 is 42.0. The van der Waals surface area contributed by atoms with Gasteiger partial charge in [-0.05, 0) is 49.2 Å². The van der Waals surface area contributed by atoms with Crippen LogP contribution in [0.1, 0.15) is 29.8 Å². The number of nitrogens with zero attached hydrogens (tertiary/aromatic N) is 2. The highest BCUT2D eigenvalue weighted by Gasteiger charge is 2.15. The van der Waals surface area contributed by atoms with Gasteiger partial charge in [-0.1, -0.05) is 19.1 Å². The molecule has 0 radical (unpaired) electrons. The van der Waals surface area contributed by atoms with Gasteiger partial charge in [0.2, 0.25) is 0 Å². The van der Waals surface area contributed by atoms with E-state index >= 15 is 0 Å². The van der Waals surface area contributed by atoms with Crippen molar-refractivity contribution in [2.45, 2.75) is 33.6 Å². The van der Waals surface area contributed by atoms with Crippen LogP contribution in [-0.4, -0.2) is 28.9 Å². The summed E-state index contributed by atoms with van der Waals surface area (Å²) in [6.45, 7) is 1.21. The van der Waals surface area contributed by atoms with Gasteiger partial charge in [-0.2, -0.15) is 13.9 Å². The Morgan fingerprint density at radius 3 is 2.55 bits per heavy atom. The first kappa shape index (κ1) is 22.1. The van der Waals surface area contributed by atoms with E-state index in [-0.39, 0.29) is 30.4 Å². The van der Waals surface area contributed by atoms with Gasteiger partial charge in [0.05, 0.1) is 24.7 Å². The smallest absolute Gasteiger partial charge is 0.387 e. The second kappa shape index (κ2) is 10.4. The minimum atomic E-state index is -2.99. The van der Waals surface area contributed by atoms with Crippen LogP contribution in [0.15, 0.2) is 54.9 Å². The van der Waals surface area contributed by atoms with E-state index in [1.54, 1.807) is 13.1 Å². The number of aromatic nitrogens is 2. The van der Waals surface area contributed by atoms with Gasteiger partial charge >= 0.3 is 6.61 Å². The fourth-order valence-electron chi connectivity index (χ4n) is 2.77. The van der Waals surface area contributed by atoms with Gasteiger partial charge in [0, 0.05) is 5.56 Å². The third-order valence-electron chi connectivity index (χ3n) is 4.31. The van der Waals surface area contributed by atoms with Crippen molar-refractivity contribution >= 4 is 11.6 Å². The van der Waals surface area contributed by atoms with Crippen molar-refractivity contribution in [3.63, 3.8) is 0 Å². The Morgan fingerprint density at radius 1 is 1.10 bits per heavy atom. The zero-order chi connectivity index (χ0) is 22.2. The molecule has 3 aromatic rings. The number of halogens is 2. The SMILES string of the molecule is CCOc1cc(C(=O)Nc2cnn(COc3ccc(CC)cc3)c2)ccc1OC(F)F. The first-order valence-corrected chi connectivity index (χ1v) is 9.75. The lowest BCUT2D eigenvalue weighted by Gasteiger charge is -2.12. The molecule has 2 aromatic carbocycles. The van der Waals surface area contributed by atoms with Crippen LogP contribution >= 0.6 is 0 Å². The molecule has 0 atom stereocenters. The number of carbonyl (C=O) groups excluding carboxylic acids is 1. The normalized spacial score (nSPS) is 10.7. The van der Waals surface area contributed by atoms with Crippen molar-refractivity contribution in [2.24, 2.45) is 0 Å². The van der Waals surface area contributed by atoms with Crippen LogP contribution < -0.4 is 19.5 Å². The number of rotatable bonds is 10. The Balaban J connectivity index is 1.61. The van der Waals surface area contributed by atoms with E-state index in [0.29, 0.717) is 11.4 Å². The highest BCUT2D eigenvalue weighted by atomic mass is 19.3. The van der Waals surface area contributed by atoms with Crippen molar-refractivity contribution in [1.82, 2.24) is 9.78 Å². The fraction of sp³-hybridized carbons (Fsp3) is 0.273. The molecule has 3 rings (SSSR count). The van der Waals surface area contributed by atoms with Gasteiger partial charge in [-0.25, -0.2) is 4.68 Å². The third-order valence-corrected chi connectivity index (χ3v) is 4.31. The highest BCUT2D eigenvalue weighted by molar-refractivity contribution is 6.04. The van der Waals surface area contributed by atoms with Crippen molar-refractivity contribution in [3.8, 4) is 17.2 Å². The van der Waals surface area contributed by atoms with Crippen LogP contribution in [0.3, 0.4) is 0 Å². The molecule has 1 aromatic heterocycles. The zero-order valence-corrected chi connectivity index (χ0v) is 17.2. The van der Waals surface area contributed by atoms with Crippen LogP contribution in [0.5, 0.6) is 17.2 Å². The van der Waals surface area contributed by atoms with Gasteiger partial charge in [0.1, 0.15) is 5.75 Å². The van der Waals surface area contributed by atoms with E-state index in [1.165, 1.54) is 34.6 Å². The average molecular weight is 431 g/mol. The van der Waals surface area contributed by atoms with Gasteiger partial charge in [0.15, 0.2) is 18.2 Å². The van der Waals surface area contributed by atoms with Crippen LogP contribution in [0.2, 0.25) is 0 Å². The first-order valence-electron chi connectivity index (χ1n) is 9.75. The van der Waals surface area contributed by atoms with Crippen LogP contribution in [0.4, 0.5) is 14.5 Å². The minimum absolute atomic E-state index is 0.0636. The highest BCUT2D eigenvalue weighted by Crippen LogP contribution is 2.30. The summed E-state index contributed by atoms with van der Waals surface area (Å²) in [6, 6.07) is 11.8. The third kappa shape index (κ3) is 6.18. The second-order valence-electron chi connectivity index (χ2n) is 6.47. The number of aryl methyl sites for hydroxylation is 1. The fourth-order valence-corrected chi connectivity index (χ4v) is 2.77. The van der Waals surface area contributed by atoms with Crippen molar-refractivity contribution in [1.29, 1.82) is 0 Å². The largest absolute Gasteiger partial charge is 0.490 e. The number of anilines is 1. The van der Waals surface area contributed by atoms with Gasteiger partial charge in [-0.15, -0.1) is 0 Å². The minimum Gasteiger partial charge on any atom is -0.490 e. The summed E-state index contributed by atoms with van der Waals surface area (Å²) in [6.07, 6.45) is 4.06. The maximum absolute atomic E-state index is 12.5. The molecule has 0 saturated heterocycles. The number of benzene rings is 2. The standard InChI is InChI=1S/C22H23F2N3O4/c1-3-15-5-8-18(9-6-15)30-14-27-13-17(12-25-27)26-21(28)16-7-10-19(31-22(23)24)20(11-16)29-4-2/h5-13,22H,3-4,14H2,1-2H3,(H,26,28). The molecule has 0 spiro atoms. The summed E-state index contributed by atoms with van der Waals surface area (Å²) in [5, 5.41) is 6.85. The number of hydrogen-bond acceptors (Lipinski definition) is 5. The van der Waals surface area contributed by atoms with Crippen LogP contribution in [-0.2, 0) is 13.2 Å².